The Morgan fingerprint density at radius 2 is 2.44 bits per heavy atom. The number of rotatable bonds is 1. The van der Waals surface area contributed by atoms with Gasteiger partial charge in [0.05, 0.1) is 5.56 Å². The molecule has 2 rings (SSSR count). The van der Waals surface area contributed by atoms with Gasteiger partial charge >= 0.3 is 0 Å². The summed E-state index contributed by atoms with van der Waals surface area (Å²) in [6.07, 6.45) is 1.79. The van der Waals surface area contributed by atoms with E-state index in [0.29, 0.717) is 6.04 Å². The molecule has 1 aromatic heterocycles. The molecule has 2 heterocycles. The van der Waals surface area contributed by atoms with E-state index in [0.717, 1.165) is 35.0 Å². The number of anilines is 1. The third kappa shape index (κ3) is 2.00. The van der Waals surface area contributed by atoms with E-state index in [1.54, 1.807) is 6.20 Å². The van der Waals surface area contributed by atoms with Crippen LogP contribution in [0.5, 0.6) is 0 Å². The quantitative estimate of drug-likeness (QED) is 0.745. The van der Waals surface area contributed by atoms with E-state index < -0.39 is 0 Å². The highest BCUT2D eigenvalue weighted by molar-refractivity contribution is 7.99. The van der Waals surface area contributed by atoms with Crippen molar-refractivity contribution in [2.24, 2.45) is 0 Å². The first-order valence-electron chi connectivity index (χ1n) is 5.44. The highest BCUT2D eigenvalue weighted by Gasteiger charge is 2.22. The fourth-order valence-electron chi connectivity index (χ4n) is 1.94. The minimum atomic E-state index is 0.458. The third-order valence-corrected chi connectivity index (χ3v) is 4.08. The van der Waals surface area contributed by atoms with E-state index in [4.69, 9.17) is 0 Å². The fraction of sp³-hybridized carbons (Fsp3) is 0.500. The second-order valence-corrected chi connectivity index (χ2v) is 5.21. The van der Waals surface area contributed by atoms with Crippen LogP contribution in [0.25, 0.3) is 0 Å². The molecule has 0 saturated carbocycles. The fourth-order valence-corrected chi connectivity index (χ4v) is 2.96. The molecular formula is C12H15N3S. The van der Waals surface area contributed by atoms with Crippen molar-refractivity contribution in [3.05, 3.63) is 23.4 Å². The smallest absolute Gasteiger partial charge is 0.147 e. The Hall–Kier alpha value is -1.21. The van der Waals surface area contributed by atoms with Gasteiger partial charge in [0.15, 0.2) is 0 Å². The Morgan fingerprint density at radius 3 is 3.12 bits per heavy atom. The molecule has 1 unspecified atom stereocenters. The molecule has 0 amide bonds. The number of hydrogen-bond acceptors (Lipinski definition) is 4. The lowest BCUT2D eigenvalue weighted by molar-refractivity contribution is 0.688. The summed E-state index contributed by atoms with van der Waals surface area (Å²) in [7, 11) is 0. The second-order valence-electron chi connectivity index (χ2n) is 4.06. The molecule has 0 aliphatic carbocycles. The minimum Gasteiger partial charge on any atom is -0.351 e. The van der Waals surface area contributed by atoms with Gasteiger partial charge in [-0.3, -0.25) is 0 Å². The molecule has 4 heteroatoms. The van der Waals surface area contributed by atoms with E-state index in [2.05, 4.69) is 22.9 Å². The predicted molar refractivity (Wildman–Crippen MR) is 67.8 cm³/mol. The zero-order chi connectivity index (χ0) is 11.5. The summed E-state index contributed by atoms with van der Waals surface area (Å²) in [6, 6.07) is 4.62. The van der Waals surface area contributed by atoms with Crippen LogP contribution in [0.1, 0.15) is 18.1 Å². The second kappa shape index (κ2) is 4.75. The summed E-state index contributed by atoms with van der Waals surface area (Å²) < 4.78 is 0. The van der Waals surface area contributed by atoms with Gasteiger partial charge in [0.25, 0.3) is 0 Å². The van der Waals surface area contributed by atoms with Crippen molar-refractivity contribution in [3.8, 4) is 6.07 Å². The molecule has 1 fully saturated rings. The first-order chi connectivity index (χ1) is 7.74. The van der Waals surface area contributed by atoms with Crippen LogP contribution in [-0.2, 0) is 0 Å². The van der Waals surface area contributed by atoms with Gasteiger partial charge in [-0.05, 0) is 25.5 Å². The van der Waals surface area contributed by atoms with Crippen molar-refractivity contribution in [2.75, 3.05) is 23.0 Å². The van der Waals surface area contributed by atoms with Gasteiger partial charge in [0.2, 0.25) is 0 Å². The van der Waals surface area contributed by atoms with Gasteiger partial charge in [-0.1, -0.05) is 0 Å². The lowest BCUT2D eigenvalue weighted by Gasteiger charge is -2.34. The number of nitrogens with zero attached hydrogens (tertiary/aromatic N) is 3. The molecule has 1 saturated heterocycles. The number of aromatic nitrogens is 1. The van der Waals surface area contributed by atoms with Crippen molar-refractivity contribution in [1.29, 1.82) is 5.26 Å². The maximum atomic E-state index is 9.19. The van der Waals surface area contributed by atoms with E-state index >= 15 is 0 Å². The van der Waals surface area contributed by atoms with Crippen LogP contribution >= 0.6 is 11.8 Å². The van der Waals surface area contributed by atoms with Gasteiger partial charge in [-0.25, -0.2) is 4.98 Å². The van der Waals surface area contributed by atoms with Crippen LogP contribution in [-0.4, -0.2) is 29.1 Å². The normalized spacial score (nSPS) is 20.6. The molecule has 3 nitrogen and oxygen atoms in total. The van der Waals surface area contributed by atoms with Crippen LogP contribution in [0.15, 0.2) is 12.3 Å². The Labute approximate surface area is 100 Å². The standard InChI is InChI=1S/C12H15N3S/c1-9-3-4-14-12(11(9)7-13)15-5-6-16-8-10(15)2/h3-4,10H,5-6,8H2,1-2H3. The van der Waals surface area contributed by atoms with Crippen LogP contribution in [0.3, 0.4) is 0 Å². The summed E-state index contributed by atoms with van der Waals surface area (Å²) >= 11 is 1.97. The molecule has 0 radical (unpaired) electrons. The summed E-state index contributed by atoms with van der Waals surface area (Å²) in [6.45, 7) is 5.14. The topological polar surface area (TPSA) is 39.9 Å². The van der Waals surface area contributed by atoms with Crippen molar-refractivity contribution < 1.29 is 0 Å². The highest BCUT2D eigenvalue weighted by Crippen LogP contribution is 2.26. The van der Waals surface area contributed by atoms with Gasteiger partial charge in [0, 0.05) is 30.3 Å². The van der Waals surface area contributed by atoms with Crippen molar-refractivity contribution in [3.63, 3.8) is 0 Å². The summed E-state index contributed by atoms with van der Waals surface area (Å²) in [4.78, 5) is 6.63. The molecule has 0 spiro atoms. The van der Waals surface area contributed by atoms with Crippen LogP contribution < -0.4 is 4.90 Å². The molecule has 84 valence electrons. The van der Waals surface area contributed by atoms with Gasteiger partial charge in [-0.2, -0.15) is 17.0 Å². The average molecular weight is 233 g/mol. The lowest BCUT2D eigenvalue weighted by atomic mass is 10.1. The number of thioether (sulfide) groups is 1. The Bertz CT molecular complexity index is 425. The monoisotopic (exact) mass is 233 g/mol. The maximum absolute atomic E-state index is 9.19. The summed E-state index contributed by atoms with van der Waals surface area (Å²) in [5.74, 6) is 3.08. The van der Waals surface area contributed by atoms with Crippen LogP contribution in [0.2, 0.25) is 0 Å². The van der Waals surface area contributed by atoms with Crippen molar-refractivity contribution in [1.82, 2.24) is 4.98 Å². The largest absolute Gasteiger partial charge is 0.351 e. The SMILES string of the molecule is Cc1ccnc(N2CCSCC2C)c1C#N. The van der Waals surface area contributed by atoms with Crippen LogP contribution in [0.4, 0.5) is 5.82 Å². The molecule has 1 aromatic rings. The molecule has 0 bridgehead atoms. The number of hydrogen-bond donors (Lipinski definition) is 0. The summed E-state index contributed by atoms with van der Waals surface area (Å²) in [5, 5.41) is 9.19. The Morgan fingerprint density at radius 1 is 1.62 bits per heavy atom. The highest BCUT2D eigenvalue weighted by atomic mass is 32.2. The van der Waals surface area contributed by atoms with Gasteiger partial charge < -0.3 is 4.90 Å². The van der Waals surface area contributed by atoms with Crippen molar-refractivity contribution in [2.45, 2.75) is 19.9 Å². The first-order valence-corrected chi connectivity index (χ1v) is 6.59. The number of aryl methyl sites for hydroxylation is 1. The summed E-state index contributed by atoms with van der Waals surface area (Å²) in [5.41, 5.74) is 1.74. The van der Waals surface area contributed by atoms with Crippen LogP contribution in [0, 0.1) is 18.3 Å². The zero-order valence-electron chi connectivity index (χ0n) is 9.60. The molecule has 1 aliphatic heterocycles. The van der Waals surface area contributed by atoms with E-state index in [1.807, 2.05) is 24.8 Å². The van der Waals surface area contributed by atoms with Gasteiger partial charge in [0.1, 0.15) is 11.9 Å². The third-order valence-electron chi connectivity index (χ3n) is 2.89. The predicted octanol–water partition coefficient (Wildman–Crippen LogP) is 2.20. The molecule has 0 aromatic carbocycles. The molecular weight excluding hydrogens is 218 g/mol. The average Bonchev–Trinajstić information content (AvgIpc) is 2.29. The van der Waals surface area contributed by atoms with E-state index in [9.17, 15) is 5.26 Å². The first kappa shape index (κ1) is 11.3. The number of nitriles is 1. The zero-order valence-corrected chi connectivity index (χ0v) is 10.4. The lowest BCUT2D eigenvalue weighted by Crippen LogP contribution is -2.41. The molecule has 1 aliphatic rings. The maximum Gasteiger partial charge on any atom is 0.147 e. The van der Waals surface area contributed by atoms with Gasteiger partial charge in [-0.15, -0.1) is 0 Å². The van der Waals surface area contributed by atoms with E-state index in [1.165, 1.54) is 0 Å². The molecule has 1 atom stereocenters. The van der Waals surface area contributed by atoms with Crippen molar-refractivity contribution >= 4 is 17.6 Å². The Kier molecular flexibility index (Phi) is 3.35. The molecule has 16 heavy (non-hydrogen) atoms. The number of pyridine rings is 1. The van der Waals surface area contributed by atoms with E-state index in [-0.39, 0.29) is 0 Å². The Balaban J connectivity index is 2.39. The minimum absolute atomic E-state index is 0.458. The molecule has 0 N–H and O–H groups in total.